The van der Waals surface area contributed by atoms with E-state index in [9.17, 15) is 0 Å². The topological polar surface area (TPSA) is 60.0 Å². The highest BCUT2D eigenvalue weighted by molar-refractivity contribution is 5.39. The van der Waals surface area contributed by atoms with Crippen molar-refractivity contribution in [3.63, 3.8) is 0 Å². The number of nitrogen functional groups attached to an aromatic ring is 1. The largest absolute Gasteiger partial charge is 0.382 e. The van der Waals surface area contributed by atoms with E-state index in [1.165, 1.54) is 5.56 Å². The molecule has 1 aliphatic rings. The third kappa shape index (κ3) is 2.54. The van der Waals surface area contributed by atoms with Gasteiger partial charge in [-0.3, -0.25) is 4.68 Å². The summed E-state index contributed by atoms with van der Waals surface area (Å²) in [5, 5.41) is 4.30. The van der Waals surface area contributed by atoms with E-state index in [2.05, 4.69) is 34.0 Å². The summed E-state index contributed by atoms with van der Waals surface area (Å²) in [4.78, 5) is 6.82. The van der Waals surface area contributed by atoms with Crippen molar-refractivity contribution in [2.45, 2.75) is 25.8 Å². The first-order valence-electron chi connectivity index (χ1n) is 6.70. The molecule has 0 spiro atoms. The smallest absolute Gasteiger partial charge is 0.145 e. The number of anilines is 2. The minimum atomic E-state index is 0.457. The van der Waals surface area contributed by atoms with Gasteiger partial charge in [0.1, 0.15) is 11.6 Å². The number of piperidine rings is 1. The fraction of sp³-hybridized carbons (Fsp3) is 0.429. The minimum absolute atomic E-state index is 0.457. The van der Waals surface area contributed by atoms with Crippen molar-refractivity contribution in [1.29, 1.82) is 0 Å². The van der Waals surface area contributed by atoms with Gasteiger partial charge in [-0.05, 0) is 37.5 Å². The molecule has 1 aliphatic heterocycles. The molecule has 2 N–H and O–H groups in total. The van der Waals surface area contributed by atoms with Gasteiger partial charge in [-0.1, -0.05) is 6.07 Å². The second kappa shape index (κ2) is 4.91. The number of nitrogens with two attached hydrogens (primary N) is 1. The Morgan fingerprint density at radius 2 is 2.00 bits per heavy atom. The highest BCUT2D eigenvalue weighted by Gasteiger charge is 2.21. The number of hydrogen-bond acceptors (Lipinski definition) is 4. The summed E-state index contributed by atoms with van der Waals surface area (Å²) in [6.07, 6.45) is 6.06. The van der Waals surface area contributed by atoms with Crippen LogP contribution >= 0.6 is 0 Å². The molecule has 1 saturated heterocycles. The highest BCUT2D eigenvalue weighted by atomic mass is 15.3. The highest BCUT2D eigenvalue weighted by Crippen LogP contribution is 2.25. The van der Waals surface area contributed by atoms with E-state index in [1.54, 1.807) is 0 Å². The molecule has 0 amide bonds. The number of rotatable bonds is 2. The van der Waals surface area contributed by atoms with Gasteiger partial charge >= 0.3 is 0 Å². The second-order valence-electron chi connectivity index (χ2n) is 5.13. The Morgan fingerprint density at radius 3 is 2.58 bits per heavy atom. The average molecular weight is 257 g/mol. The first-order valence-corrected chi connectivity index (χ1v) is 6.70. The molecule has 3 rings (SSSR count). The Hall–Kier alpha value is -2.04. The lowest BCUT2D eigenvalue weighted by Crippen LogP contribution is -2.35. The van der Waals surface area contributed by atoms with Crippen molar-refractivity contribution < 1.29 is 0 Å². The van der Waals surface area contributed by atoms with Gasteiger partial charge in [-0.25, -0.2) is 4.98 Å². The Morgan fingerprint density at radius 1 is 1.21 bits per heavy atom. The SMILES string of the molecule is Cc1ccc(N2CCC(n3ccc(N)n3)CC2)nc1. The molecule has 0 unspecified atom stereocenters. The molecule has 19 heavy (non-hydrogen) atoms. The zero-order chi connectivity index (χ0) is 13.2. The third-order valence-corrected chi connectivity index (χ3v) is 3.69. The zero-order valence-corrected chi connectivity index (χ0v) is 11.2. The number of pyridine rings is 1. The molecule has 0 aliphatic carbocycles. The Labute approximate surface area is 113 Å². The van der Waals surface area contributed by atoms with E-state index < -0.39 is 0 Å². The Kier molecular flexibility index (Phi) is 3.11. The molecule has 100 valence electrons. The molecule has 2 aromatic heterocycles. The molecule has 3 heterocycles. The molecular weight excluding hydrogens is 238 g/mol. The molecule has 5 heteroatoms. The quantitative estimate of drug-likeness (QED) is 0.894. The van der Waals surface area contributed by atoms with Gasteiger partial charge in [0.05, 0.1) is 6.04 Å². The van der Waals surface area contributed by atoms with Crippen molar-refractivity contribution in [1.82, 2.24) is 14.8 Å². The summed E-state index contributed by atoms with van der Waals surface area (Å²) >= 11 is 0. The second-order valence-corrected chi connectivity index (χ2v) is 5.13. The number of aryl methyl sites for hydroxylation is 1. The Bertz CT molecular complexity index is 537. The molecule has 0 bridgehead atoms. The van der Waals surface area contributed by atoms with Crippen molar-refractivity contribution in [3.05, 3.63) is 36.2 Å². The maximum absolute atomic E-state index is 5.67. The van der Waals surface area contributed by atoms with Gasteiger partial charge in [0.25, 0.3) is 0 Å². The van der Waals surface area contributed by atoms with Crippen molar-refractivity contribution in [2.75, 3.05) is 23.7 Å². The van der Waals surface area contributed by atoms with Gasteiger partial charge in [-0.2, -0.15) is 5.10 Å². The molecule has 0 aromatic carbocycles. The number of nitrogens with zero attached hydrogens (tertiary/aromatic N) is 4. The van der Waals surface area contributed by atoms with E-state index in [0.717, 1.165) is 31.7 Å². The van der Waals surface area contributed by atoms with Crippen LogP contribution < -0.4 is 10.6 Å². The zero-order valence-electron chi connectivity index (χ0n) is 11.2. The maximum Gasteiger partial charge on any atom is 0.145 e. The van der Waals surface area contributed by atoms with Crippen LogP contribution in [0.3, 0.4) is 0 Å². The molecule has 0 saturated carbocycles. The van der Waals surface area contributed by atoms with Gasteiger partial charge in [-0.15, -0.1) is 0 Å². The molecular formula is C14H19N5. The van der Waals surface area contributed by atoms with Crippen molar-refractivity contribution in [3.8, 4) is 0 Å². The van der Waals surface area contributed by atoms with Crippen LogP contribution in [0, 0.1) is 6.92 Å². The van der Waals surface area contributed by atoms with Gasteiger partial charge < -0.3 is 10.6 Å². The van der Waals surface area contributed by atoms with Gasteiger partial charge in [0.2, 0.25) is 0 Å². The van der Waals surface area contributed by atoms with Gasteiger partial charge in [0, 0.05) is 25.5 Å². The first-order chi connectivity index (χ1) is 9.22. The fourth-order valence-electron chi connectivity index (χ4n) is 2.56. The van der Waals surface area contributed by atoms with Gasteiger partial charge in [0.15, 0.2) is 0 Å². The van der Waals surface area contributed by atoms with E-state index in [4.69, 9.17) is 5.73 Å². The van der Waals surface area contributed by atoms with Crippen LogP contribution in [-0.2, 0) is 0 Å². The van der Waals surface area contributed by atoms with Crippen molar-refractivity contribution in [2.24, 2.45) is 0 Å². The number of aromatic nitrogens is 3. The molecule has 2 aromatic rings. The molecule has 0 radical (unpaired) electrons. The summed E-state index contributed by atoms with van der Waals surface area (Å²) in [7, 11) is 0. The lowest BCUT2D eigenvalue weighted by Gasteiger charge is -2.32. The Balaban J connectivity index is 1.64. The van der Waals surface area contributed by atoms with Crippen LogP contribution in [0.5, 0.6) is 0 Å². The predicted octanol–water partition coefficient (Wildman–Crippen LogP) is 2.01. The van der Waals surface area contributed by atoms with E-state index in [-0.39, 0.29) is 0 Å². The standard InChI is InChI=1S/C14H19N5/c1-11-2-3-14(16-10-11)18-7-4-12(5-8-18)19-9-6-13(15)17-19/h2-3,6,9-10,12H,4-5,7-8H2,1H3,(H2,15,17). The summed E-state index contributed by atoms with van der Waals surface area (Å²) < 4.78 is 2.00. The number of hydrogen-bond donors (Lipinski definition) is 1. The molecule has 5 nitrogen and oxygen atoms in total. The van der Waals surface area contributed by atoms with E-state index in [1.807, 2.05) is 23.1 Å². The summed E-state index contributed by atoms with van der Waals surface area (Å²) in [5.74, 6) is 1.67. The van der Waals surface area contributed by atoms with Crippen molar-refractivity contribution >= 4 is 11.6 Å². The predicted molar refractivity (Wildman–Crippen MR) is 76.1 cm³/mol. The molecule has 1 fully saturated rings. The van der Waals surface area contributed by atoms with Crippen LogP contribution in [0.15, 0.2) is 30.6 Å². The van der Waals surface area contributed by atoms with Crippen LogP contribution in [-0.4, -0.2) is 27.9 Å². The lowest BCUT2D eigenvalue weighted by atomic mass is 10.1. The average Bonchev–Trinajstić information content (AvgIpc) is 2.87. The third-order valence-electron chi connectivity index (χ3n) is 3.69. The molecule has 0 atom stereocenters. The van der Waals surface area contributed by atoms with Crippen LogP contribution in [0.1, 0.15) is 24.4 Å². The van der Waals surface area contributed by atoms with Crippen LogP contribution in [0.25, 0.3) is 0 Å². The first kappa shape index (κ1) is 12.0. The van der Waals surface area contributed by atoms with E-state index in [0.29, 0.717) is 11.9 Å². The monoisotopic (exact) mass is 257 g/mol. The lowest BCUT2D eigenvalue weighted by molar-refractivity contribution is 0.367. The van der Waals surface area contributed by atoms with E-state index >= 15 is 0 Å². The van der Waals surface area contributed by atoms with Crippen LogP contribution in [0.2, 0.25) is 0 Å². The minimum Gasteiger partial charge on any atom is -0.382 e. The van der Waals surface area contributed by atoms with Crippen LogP contribution in [0.4, 0.5) is 11.6 Å². The summed E-state index contributed by atoms with van der Waals surface area (Å²) in [6, 6.07) is 6.52. The normalized spacial score (nSPS) is 16.8. The summed E-state index contributed by atoms with van der Waals surface area (Å²) in [5.41, 5.74) is 6.87. The maximum atomic E-state index is 5.67. The summed E-state index contributed by atoms with van der Waals surface area (Å²) in [6.45, 7) is 4.09. The fourth-order valence-corrected chi connectivity index (χ4v) is 2.56.